The van der Waals surface area contributed by atoms with E-state index in [0.717, 1.165) is 18.6 Å². The predicted molar refractivity (Wildman–Crippen MR) is 67.4 cm³/mol. The lowest BCUT2D eigenvalue weighted by molar-refractivity contribution is -0.137. The van der Waals surface area contributed by atoms with Crippen molar-refractivity contribution >= 4 is 23.8 Å². The van der Waals surface area contributed by atoms with Crippen LogP contribution in [0, 0.1) is 0 Å². The van der Waals surface area contributed by atoms with Gasteiger partial charge in [-0.25, -0.2) is 16.5 Å². The van der Waals surface area contributed by atoms with Crippen molar-refractivity contribution in [3.8, 4) is 0 Å². The number of amides is 2. The van der Waals surface area contributed by atoms with E-state index in [2.05, 4.69) is 0 Å². The molecule has 0 spiro atoms. The molecule has 2 heterocycles. The van der Waals surface area contributed by atoms with E-state index in [4.69, 9.17) is 16.8 Å². The first-order valence-corrected chi connectivity index (χ1v) is 7.02. The zero-order chi connectivity index (χ0) is 13.3. The summed E-state index contributed by atoms with van der Waals surface area (Å²) in [6.45, 7) is 0. The van der Waals surface area contributed by atoms with Gasteiger partial charge in [0.15, 0.2) is 0 Å². The third-order valence-corrected chi connectivity index (χ3v) is 4.98. The molecule has 0 aromatic rings. The van der Waals surface area contributed by atoms with Crippen molar-refractivity contribution in [2.24, 2.45) is 11.7 Å². The third kappa shape index (κ3) is 2.40. The van der Waals surface area contributed by atoms with Gasteiger partial charge in [-0.1, -0.05) is 6.42 Å². The Morgan fingerprint density at radius 1 is 1.39 bits per heavy atom. The second kappa shape index (κ2) is 5.33. The molecule has 2 amide bonds. The second-order valence-corrected chi connectivity index (χ2v) is 5.94. The highest BCUT2D eigenvalue weighted by atomic mass is 32.2. The number of rotatable bonds is 5. The largest absolute Gasteiger partial charge is 0.481 e. The highest BCUT2D eigenvalue weighted by Crippen LogP contribution is 2.38. The summed E-state index contributed by atoms with van der Waals surface area (Å²) in [7, 11) is 0. The van der Waals surface area contributed by atoms with Crippen molar-refractivity contribution in [3.63, 3.8) is 0 Å². The molecular formula is C10H18N4O3S. The zero-order valence-electron chi connectivity index (χ0n) is 9.99. The molecule has 5 N–H and O–H groups in total. The Bertz CT molecular complexity index is 354. The number of carbonyl (C=O) groups is 2. The number of thioether (sulfide) groups is 1. The molecule has 102 valence electrons. The van der Waals surface area contributed by atoms with Crippen molar-refractivity contribution in [3.05, 3.63) is 0 Å². The molecule has 0 aromatic carbocycles. The molecule has 7 nitrogen and oxygen atoms in total. The predicted octanol–water partition coefficient (Wildman–Crippen LogP) is -0.0310. The summed E-state index contributed by atoms with van der Waals surface area (Å²) in [5, 5.41) is 11.3. The van der Waals surface area contributed by atoms with Crippen LogP contribution in [0.15, 0.2) is 0 Å². The van der Waals surface area contributed by atoms with Gasteiger partial charge < -0.3 is 5.11 Å². The van der Waals surface area contributed by atoms with Gasteiger partial charge >= 0.3 is 12.0 Å². The van der Waals surface area contributed by atoms with Gasteiger partial charge in [-0.3, -0.25) is 14.8 Å². The Hall–Kier alpha value is -0.990. The molecule has 2 aliphatic rings. The van der Waals surface area contributed by atoms with Crippen LogP contribution in [-0.4, -0.2) is 50.2 Å². The van der Waals surface area contributed by atoms with Gasteiger partial charge in [0.25, 0.3) is 0 Å². The summed E-state index contributed by atoms with van der Waals surface area (Å²) in [5.41, 5.74) is 0. The van der Waals surface area contributed by atoms with Crippen LogP contribution < -0.4 is 11.7 Å². The van der Waals surface area contributed by atoms with Crippen molar-refractivity contribution in [2.75, 3.05) is 5.75 Å². The number of nitrogens with zero attached hydrogens (tertiary/aromatic N) is 2. The van der Waals surface area contributed by atoms with E-state index in [0.29, 0.717) is 6.42 Å². The van der Waals surface area contributed by atoms with E-state index in [1.54, 1.807) is 11.8 Å². The number of fused-ring (bicyclic) bond motifs is 1. The number of hydrogen-bond donors (Lipinski definition) is 3. The molecule has 3 atom stereocenters. The molecule has 0 aliphatic carbocycles. The van der Waals surface area contributed by atoms with Crippen molar-refractivity contribution < 1.29 is 14.7 Å². The maximum Gasteiger partial charge on any atom is 0.349 e. The lowest BCUT2D eigenvalue weighted by Gasteiger charge is -2.22. The lowest BCUT2D eigenvalue weighted by atomic mass is 10.0. The third-order valence-electron chi connectivity index (χ3n) is 3.51. The fourth-order valence-corrected chi connectivity index (χ4v) is 4.20. The van der Waals surface area contributed by atoms with E-state index in [-0.39, 0.29) is 29.8 Å². The molecule has 2 rings (SSSR count). The first kappa shape index (κ1) is 13.4. The molecule has 2 fully saturated rings. The number of urea groups is 1. The number of hydrogen-bond acceptors (Lipinski definition) is 5. The van der Waals surface area contributed by atoms with Gasteiger partial charge in [0, 0.05) is 17.4 Å². The topological polar surface area (TPSA) is 113 Å². The van der Waals surface area contributed by atoms with Gasteiger partial charge in [-0.15, -0.1) is 0 Å². The van der Waals surface area contributed by atoms with Gasteiger partial charge in [0.1, 0.15) is 0 Å². The fraction of sp³-hybridized carbons (Fsp3) is 0.800. The highest BCUT2D eigenvalue weighted by Gasteiger charge is 2.51. The first-order valence-electron chi connectivity index (χ1n) is 5.97. The maximum absolute atomic E-state index is 11.6. The summed E-state index contributed by atoms with van der Waals surface area (Å²) < 4.78 is 0. The van der Waals surface area contributed by atoms with Crippen LogP contribution in [0.3, 0.4) is 0 Å². The molecule has 0 unspecified atom stereocenters. The normalized spacial score (nSPS) is 31.0. The van der Waals surface area contributed by atoms with Crippen LogP contribution in [0.5, 0.6) is 0 Å². The van der Waals surface area contributed by atoms with E-state index in [1.165, 1.54) is 10.0 Å². The summed E-state index contributed by atoms with van der Waals surface area (Å²) in [4.78, 5) is 22.0. The SMILES string of the molecule is NN1C(=O)N(N)[C@H]2CS[C@@H](CCCCC(=O)O)[C@H]21. The minimum atomic E-state index is -0.767. The monoisotopic (exact) mass is 274 g/mol. The van der Waals surface area contributed by atoms with E-state index < -0.39 is 5.97 Å². The molecule has 8 heteroatoms. The Morgan fingerprint density at radius 2 is 2.11 bits per heavy atom. The van der Waals surface area contributed by atoms with Crippen LogP contribution in [0.2, 0.25) is 0 Å². The molecule has 0 aromatic heterocycles. The first-order chi connectivity index (χ1) is 8.52. The smallest absolute Gasteiger partial charge is 0.349 e. The molecule has 0 saturated carbocycles. The maximum atomic E-state index is 11.6. The van der Waals surface area contributed by atoms with Gasteiger partial charge in [-0.05, 0) is 12.8 Å². The number of carbonyl (C=O) groups excluding carboxylic acids is 1. The number of carboxylic acid groups (broad SMARTS) is 1. The average molecular weight is 274 g/mol. The Kier molecular flexibility index (Phi) is 3.98. The number of nitrogens with two attached hydrogens (primary N) is 2. The second-order valence-electron chi connectivity index (χ2n) is 4.67. The Balaban J connectivity index is 1.84. The summed E-state index contributed by atoms with van der Waals surface area (Å²) >= 11 is 1.76. The molecule has 0 bridgehead atoms. The molecular weight excluding hydrogens is 256 g/mol. The zero-order valence-corrected chi connectivity index (χ0v) is 10.8. The number of hydrazine groups is 2. The van der Waals surface area contributed by atoms with Crippen LogP contribution in [0.1, 0.15) is 25.7 Å². The van der Waals surface area contributed by atoms with Crippen molar-refractivity contribution in [1.29, 1.82) is 0 Å². The molecule has 2 aliphatic heterocycles. The van der Waals surface area contributed by atoms with Gasteiger partial charge in [0.05, 0.1) is 12.1 Å². The molecule has 0 radical (unpaired) electrons. The van der Waals surface area contributed by atoms with Crippen molar-refractivity contribution in [2.45, 2.75) is 43.0 Å². The summed E-state index contributed by atoms with van der Waals surface area (Å²) in [6.07, 6.45) is 2.56. The molecule has 18 heavy (non-hydrogen) atoms. The number of aliphatic carboxylic acids is 1. The fourth-order valence-electron chi connectivity index (χ4n) is 2.56. The van der Waals surface area contributed by atoms with Crippen molar-refractivity contribution in [1.82, 2.24) is 10.0 Å². The number of carboxylic acids is 1. The van der Waals surface area contributed by atoms with Crippen LogP contribution >= 0.6 is 11.8 Å². The van der Waals surface area contributed by atoms with Crippen LogP contribution in [-0.2, 0) is 4.79 Å². The minimum absolute atomic E-state index is 0.0167. The average Bonchev–Trinajstić information content (AvgIpc) is 2.82. The Morgan fingerprint density at radius 3 is 2.78 bits per heavy atom. The van der Waals surface area contributed by atoms with Gasteiger partial charge in [0.2, 0.25) is 0 Å². The standard InChI is InChI=1S/C10H18N4O3S/c11-13-6-5-18-7(3-1-2-4-8(15)16)9(6)14(12)10(13)17/h6-7,9H,1-5,11-12H2,(H,15,16)/t6-,7-,9-/m0/s1. The number of unbranched alkanes of at least 4 members (excludes halogenated alkanes) is 1. The highest BCUT2D eigenvalue weighted by molar-refractivity contribution is 8.00. The van der Waals surface area contributed by atoms with E-state index in [1.807, 2.05) is 0 Å². The van der Waals surface area contributed by atoms with E-state index >= 15 is 0 Å². The quantitative estimate of drug-likeness (QED) is 0.281. The van der Waals surface area contributed by atoms with Crippen LogP contribution in [0.25, 0.3) is 0 Å². The minimum Gasteiger partial charge on any atom is -0.481 e. The van der Waals surface area contributed by atoms with E-state index in [9.17, 15) is 9.59 Å². The lowest BCUT2D eigenvalue weighted by Crippen LogP contribution is -2.45. The molecule has 2 saturated heterocycles. The van der Waals surface area contributed by atoms with Crippen LogP contribution in [0.4, 0.5) is 4.79 Å². The Labute approximate surface area is 109 Å². The van der Waals surface area contributed by atoms with Gasteiger partial charge in [-0.2, -0.15) is 11.8 Å². The summed E-state index contributed by atoms with van der Waals surface area (Å²) in [5.74, 6) is 11.5. The summed E-state index contributed by atoms with van der Waals surface area (Å²) in [6, 6.07) is -0.393.